The highest BCUT2D eigenvalue weighted by molar-refractivity contribution is 6.30. The standard InChI is InChI=1S/C23H21ClF4N4O4/c24-16-4-3-15(9-17(16)25)36-12-18(33)31-22-7-5-21(6-8-22,20(35)32-22)19(34)30-11-14-2-1-13(10-29-14)23(26,27)28/h1-4,9-10H,5-8,11-12H2,(H,30,34)(H,31,33)(H,32,35). The van der Waals surface area contributed by atoms with E-state index in [1.807, 2.05) is 0 Å². The molecule has 3 N–H and O–H groups in total. The maximum atomic E-state index is 13.5. The molecule has 1 saturated carbocycles. The molecule has 0 radical (unpaired) electrons. The number of aromatic nitrogens is 1. The largest absolute Gasteiger partial charge is 0.484 e. The van der Waals surface area contributed by atoms with E-state index in [9.17, 15) is 31.9 Å². The lowest BCUT2D eigenvalue weighted by Crippen LogP contribution is -2.73. The topological polar surface area (TPSA) is 109 Å². The Morgan fingerprint density at radius 2 is 1.86 bits per heavy atom. The van der Waals surface area contributed by atoms with Crippen LogP contribution in [-0.2, 0) is 27.1 Å². The molecule has 1 aromatic carbocycles. The molecule has 2 saturated heterocycles. The summed E-state index contributed by atoms with van der Waals surface area (Å²) in [5, 5.41) is 7.94. The van der Waals surface area contributed by atoms with Crippen molar-refractivity contribution in [2.45, 2.75) is 44.1 Å². The summed E-state index contributed by atoms with van der Waals surface area (Å²) in [5.74, 6) is -2.24. The van der Waals surface area contributed by atoms with Gasteiger partial charge in [-0.2, -0.15) is 13.2 Å². The third-order valence-corrected chi connectivity index (χ3v) is 6.71. The number of carbonyl (C=O) groups excluding carboxylic acids is 3. The summed E-state index contributed by atoms with van der Waals surface area (Å²) >= 11 is 5.61. The summed E-state index contributed by atoms with van der Waals surface area (Å²) in [6.07, 6.45) is -2.95. The average Bonchev–Trinajstić information content (AvgIpc) is 2.83. The van der Waals surface area contributed by atoms with Gasteiger partial charge in [0.25, 0.3) is 5.91 Å². The number of halogens is 5. The van der Waals surface area contributed by atoms with Gasteiger partial charge >= 0.3 is 6.18 Å². The van der Waals surface area contributed by atoms with Crippen LogP contribution in [0.1, 0.15) is 36.9 Å². The van der Waals surface area contributed by atoms with E-state index in [1.165, 1.54) is 12.1 Å². The number of benzene rings is 1. The summed E-state index contributed by atoms with van der Waals surface area (Å²) in [4.78, 5) is 41.9. The monoisotopic (exact) mass is 528 g/mol. The van der Waals surface area contributed by atoms with E-state index in [0.717, 1.165) is 18.2 Å². The zero-order valence-corrected chi connectivity index (χ0v) is 19.4. The van der Waals surface area contributed by atoms with Gasteiger partial charge < -0.3 is 20.7 Å². The van der Waals surface area contributed by atoms with Gasteiger partial charge in [0.15, 0.2) is 6.61 Å². The van der Waals surface area contributed by atoms with Crippen LogP contribution >= 0.6 is 11.6 Å². The molecule has 3 amide bonds. The Hall–Kier alpha value is -3.41. The number of amides is 3. The number of nitrogens with one attached hydrogen (secondary N) is 3. The predicted molar refractivity (Wildman–Crippen MR) is 118 cm³/mol. The minimum atomic E-state index is -4.52. The normalized spacial score (nSPS) is 23.1. The van der Waals surface area contributed by atoms with Gasteiger partial charge in [-0.1, -0.05) is 11.6 Å². The molecular formula is C23H21ClF4N4O4. The number of nitrogens with zero attached hydrogens (tertiary/aromatic N) is 1. The first-order valence-electron chi connectivity index (χ1n) is 10.9. The van der Waals surface area contributed by atoms with Gasteiger partial charge in [-0.3, -0.25) is 19.4 Å². The second-order valence-electron chi connectivity index (χ2n) is 8.75. The maximum Gasteiger partial charge on any atom is 0.417 e. The first-order valence-corrected chi connectivity index (χ1v) is 11.3. The zero-order chi connectivity index (χ0) is 26.1. The van der Waals surface area contributed by atoms with Crippen LogP contribution < -0.4 is 20.7 Å². The number of hydrogen-bond donors (Lipinski definition) is 3. The van der Waals surface area contributed by atoms with Gasteiger partial charge in [-0.25, -0.2) is 4.39 Å². The smallest absolute Gasteiger partial charge is 0.417 e. The molecule has 3 fully saturated rings. The lowest BCUT2D eigenvalue weighted by atomic mass is 9.64. The molecule has 5 rings (SSSR count). The first kappa shape index (κ1) is 25.7. The van der Waals surface area contributed by atoms with E-state index in [1.54, 1.807) is 0 Å². The van der Waals surface area contributed by atoms with Crippen LogP contribution in [0.2, 0.25) is 5.02 Å². The molecule has 8 nitrogen and oxygen atoms in total. The van der Waals surface area contributed by atoms with E-state index in [2.05, 4.69) is 20.9 Å². The molecule has 0 atom stereocenters. The van der Waals surface area contributed by atoms with Crippen LogP contribution in [0, 0.1) is 11.2 Å². The number of ether oxygens (including phenoxy) is 1. The highest BCUT2D eigenvalue weighted by Crippen LogP contribution is 2.45. The van der Waals surface area contributed by atoms with Crippen molar-refractivity contribution in [2.24, 2.45) is 5.41 Å². The van der Waals surface area contributed by atoms with Gasteiger partial charge in [0.2, 0.25) is 11.8 Å². The Labute approximate surface area is 207 Å². The minimum absolute atomic E-state index is 0.0824. The van der Waals surface area contributed by atoms with Gasteiger partial charge in [0, 0.05) is 12.3 Å². The minimum Gasteiger partial charge on any atom is -0.484 e. The van der Waals surface area contributed by atoms with Crippen molar-refractivity contribution >= 4 is 29.3 Å². The molecule has 1 aliphatic carbocycles. The number of pyridine rings is 1. The number of piperidine rings is 2. The molecule has 1 aromatic heterocycles. The van der Waals surface area contributed by atoms with Crippen LogP contribution in [0.4, 0.5) is 17.6 Å². The van der Waals surface area contributed by atoms with Crippen molar-refractivity contribution in [2.75, 3.05) is 6.61 Å². The molecular weight excluding hydrogens is 508 g/mol. The van der Waals surface area contributed by atoms with E-state index in [-0.39, 0.29) is 48.7 Å². The zero-order valence-electron chi connectivity index (χ0n) is 18.7. The fourth-order valence-electron chi connectivity index (χ4n) is 4.33. The molecule has 3 aliphatic rings. The Bertz CT molecular complexity index is 1180. The second-order valence-corrected chi connectivity index (χ2v) is 9.16. The summed E-state index contributed by atoms with van der Waals surface area (Å²) in [5.41, 5.74) is -3.09. The predicted octanol–water partition coefficient (Wildman–Crippen LogP) is 3.09. The van der Waals surface area contributed by atoms with Crippen LogP contribution in [0.15, 0.2) is 36.5 Å². The van der Waals surface area contributed by atoms with Crippen LogP contribution in [-0.4, -0.2) is 35.0 Å². The number of fused-ring (bicyclic) bond motifs is 3. The van der Waals surface area contributed by atoms with Crippen molar-refractivity contribution in [3.8, 4) is 5.75 Å². The molecule has 13 heteroatoms. The molecule has 2 bridgehead atoms. The number of rotatable bonds is 7. The summed E-state index contributed by atoms with van der Waals surface area (Å²) in [6, 6.07) is 5.77. The molecule has 2 aliphatic heterocycles. The molecule has 192 valence electrons. The maximum absolute atomic E-state index is 13.5. The molecule has 2 aromatic rings. The lowest BCUT2D eigenvalue weighted by Gasteiger charge is -2.51. The van der Waals surface area contributed by atoms with E-state index in [4.69, 9.17) is 16.3 Å². The van der Waals surface area contributed by atoms with Gasteiger partial charge in [-0.05, 0) is 49.9 Å². The highest BCUT2D eigenvalue weighted by atomic mass is 35.5. The molecule has 0 unspecified atom stereocenters. The third kappa shape index (κ3) is 5.23. The van der Waals surface area contributed by atoms with Crippen molar-refractivity contribution < 1.29 is 36.7 Å². The fraction of sp³-hybridized carbons (Fsp3) is 0.391. The quantitative estimate of drug-likeness (QED) is 0.378. The van der Waals surface area contributed by atoms with E-state index < -0.39 is 53.0 Å². The summed E-state index contributed by atoms with van der Waals surface area (Å²) in [7, 11) is 0. The van der Waals surface area contributed by atoms with E-state index in [0.29, 0.717) is 6.20 Å². The second kappa shape index (κ2) is 9.57. The molecule has 3 heterocycles. The Morgan fingerprint density at radius 1 is 1.14 bits per heavy atom. The fourth-order valence-corrected chi connectivity index (χ4v) is 4.45. The molecule has 36 heavy (non-hydrogen) atoms. The number of carbonyl (C=O) groups is 3. The van der Waals surface area contributed by atoms with Crippen LogP contribution in [0.3, 0.4) is 0 Å². The van der Waals surface area contributed by atoms with Crippen LogP contribution in [0.25, 0.3) is 0 Å². The van der Waals surface area contributed by atoms with Gasteiger partial charge in [-0.15, -0.1) is 0 Å². The summed E-state index contributed by atoms with van der Waals surface area (Å²) < 4.78 is 56.8. The number of hydrogen-bond acceptors (Lipinski definition) is 5. The number of alkyl halides is 3. The van der Waals surface area contributed by atoms with E-state index >= 15 is 0 Å². The summed E-state index contributed by atoms with van der Waals surface area (Å²) in [6.45, 7) is -0.568. The Morgan fingerprint density at radius 3 is 2.44 bits per heavy atom. The van der Waals surface area contributed by atoms with Gasteiger partial charge in [0.1, 0.15) is 22.6 Å². The third-order valence-electron chi connectivity index (χ3n) is 6.40. The Kier molecular flexibility index (Phi) is 6.82. The van der Waals surface area contributed by atoms with Crippen molar-refractivity contribution in [3.63, 3.8) is 0 Å². The lowest BCUT2D eigenvalue weighted by molar-refractivity contribution is -0.157. The van der Waals surface area contributed by atoms with Crippen LogP contribution in [0.5, 0.6) is 5.75 Å². The van der Waals surface area contributed by atoms with Gasteiger partial charge in [0.05, 0.1) is 22.8 Å². The SMILES string of the molecule is O=C(COc1ccc(Cl)c(F)c1)NC12CCC(C(=O)NCc3ccc(C(F)(F)F)cn3)(CC1)C(=O)N2. The van der Waals surface area contributed by atoms with Crippen molar-refractivity contribution in [3.05, 3.63) is 58.6 Å². The Balaban J connectivity index is 1.31. The first-order chi connectivity index (χ1) is 16.9. The van der Waals surface area contributed by atoms with Crippen molar-refractivity contribution in [1.29, 1.82) is 0 Å². The molecule has 0 spiro atoms. The van der Waals surface area contributed by atoms with Crippen molar-refractivity contribution in [1.82, 2.24) is 20.9 Å². The average molecular weight is 529 g/mol. The highest BCUT2D eigenvalue weighted by Gasteiger charge is 2.58.